The second kappa shape index (κ2) is 6.08. The van der Waals surface area contributed by atoms with E-state index in [2.05, 4.69) is 17.2 Å². The second-order valence-electron chi connectivity index (χ2n) is 4.17. The maximum absolute atomic E-state index is 11.6. The van der Waals surface area contributed by atoms with E-state index in [4.69, 9.17) is 10.5 Å². The molecule has 0 bridgehead atoms. The Morgan fingerprint density at radius 3 is 2.85 bits per heavy atom. The van der Waals surface area contributed by atoms with Gasteiger partial charge >= 0.3 is 6.03 Å². The number of benzene rings is 1. The van der Waals surface area contributed by atoms with E-state index in [0.29, 0.717) is 5.75 Å². The third kappa shape index (κ3) is 2.90. The van der Waals surface area contributed by atoms with E-state index >= 15 is 0 Å². The molecule has 1 aromatic rings. The van der Waals surface area contributed by atoms with Crippen molar-refractivity contribution in [2.75, 3.05) is 20.2 Å². The van der Waals surface area contributed by atoms with Crippen LogP contribution in [0.2, 0.25) is 0 Å². The van der Waals surface area contributed by atoms with Gasteiger partial charge in [-0.3, -0.25) is 9.69 Å². The molecule has 1 fully saturated rings. The molecule has 0 radical (unpaired) electrons. The average molecular weight is 273 g/mol. The predicted molar refractivity (Wildman–Crippen MR) is 72.9 cm³/mol. The van der Waals surface area contributed by atoms with Gasteiger partial charge in [-0.1, -0.05) is 11.8 Å². The van der Waals surface area contributed by atoms with Gasteiger partial charge in [-0.05, 0) is 23.8 Å². The van der Waals surface area contributed by atoms with Crippen LogP contribution in [0.1, 0.15) is 11.1 Å². The molecule has 0 aromatic heterocycles. The van der Waals surface area contributed by atoms with E-state index in [9.17, 15) is 9.59 Å². The third-order valence-corrected chi connectivity index (χ3v) is 2.90. The van der Waals surface area contributed by atoms with Gasteiger partial charge in [0.25, 0.3) is 0 Å². The topological polar surface area (TPSA) is 84.7 Å². The summed E-state index contributed by atoms with van der Waals surface area (Å²) in [6.45, 7) is 0.442. The van der Waals surface area contributed by atoms with Crippen molar-refractivity contribution < 1.29 is 14.3 Å². The standard InChI is InChI=1S/C14H15N3O3/c1-20-12-5-4-10(3-2-6-15)11(7-12)9-17-13(18)8-16-14(17)19/h4-5,7H,6,8-9,15H2,1H3,(H,16,19). The number of imide groups is 1. The minimum Gasteiger partial charge on any atom is -0.497 e. The fraction of sp³-hybridized carbons (Fsp3) is 0.286. The van der Waals surface area contributed by atoms with Crippen LogP contribution in [0.5, 0.6) is 5.75 Å². The normalized spacial score (nSPS) is 13.8. The molecule has 0 aliphatic carbocycles. The smallest absolute Gasteiger partial charge is 0.324 e. The molecular weight excluding hydrogens is 258 g/mol. The summed E-state index contributed by atoms with van der Waals surface area (Å²) in [6, 6.07) is 4.93. The van der Waals surface area contributed by atoms with Crippen molar-refractivity contribution >= 4 is 11.9 Å². The summed E-state index contributed by atoms with van der Waals surface area (Å²) in [6.07, 6.45) is 0. The van der Waals surface area contributed by atoms with E-state index < -0.39 is 6.03 Å². The van der Waals surface area contributed by atoms with Gasteiger partial charge in [0.05, 0.1) is 26.7 Å². The molecule has 0 unspecified atom stereocenters. The monoisotopic (exact) mass is 273 g/mol. The molecule has 3 amide bonds. The first-order valence-corrected chi connectivity index (χ1v) is 6.09. The summed E-state index contributed by atoms with van der Waals surface area (Å²) in [5, 5.41) is 2.48. The molecule has 0 spiro atoms. The van der Waals surface area contributed by atoms with Crippen molar-refractivity contribution in [2.45, 2.75) is 6.54 Å². The minimum atomic E-state index is -0.393. The molecule has 3 N–H and O–H groups in total. The van der Waals surface area contributed by atoms with Gasteiger partial charge in [0.15, 0.2) is 0 Å². The van der Waals surface area contributed by atoms with Gasteiger partial charge in [0.2, 0.25) is 5.91 Å². The Labute approximate surface area is 116 Å². The van der Waals surface area contributed by atoms with Crippen molar-refractivity contribution in [3.05, 3.63) is 29.3 Å². The summed E-state index contributed by atoms with van der Waals surface area (Å²) in [5.41, 5.74) is 6.83. The highest BCUT2D eigenvalue weighted by Gasteiger charge is 2.28. The van der Waals surface area contributed by atoms with Crippen LogP contribution in [-0.4, -0.2) is 37.0 Å². The summed E-state index contributed by atoms with van der Waals surface area (Å²) >= 11 is 0. The van der Waals surface area contributed by atoms with Gasteiger partial charge in [-0.25, -0.2) is 4.79 Å². The number of carbonyl (C=O) groups excluding carboxylic acids is 2. The Morgan fingerprint density at radius 1 is 1.45 bits per heavy atom. The Bertz CT molecular complexity index is 585. The van der Waals surface area contributed by atoms with Crippen molar-refractivity contribution in [1.29, 1.82) is 0 Å². The number of ether oxygens (including phenoxy) is 1. The van der Waals surface area contributed by atoms with Crippen molar-refractivity contribution in [1.82, 2.24) is 10.2 Å². The number of rotatable bonds is 3. The lowest BCUT2D eigenvalue weighted by atomic mass is 10.1. The van der Waals surface area contributed by atoms with Crippen LogP contribution in [-0.2, 0) is 11.3 Å². The molecule has 6 nitrogen and oxygen atoms in total. The van der Waals surface area contributed by atoms with E-state index in [0.717, 1.165) is 16.0 Å². The van der Waals surface area contributed by atoms with Gasteiger partial charge in [0.1, 0.15) is 5.75 Å². The molecule has 1 aliphatic rings. The number of carbonyl (C=O) groups is 2. The largest absolute Gasteiger partial charge is 0.497 e. The van der Waals surface area contributed by atoms with Crippen molar-refractivity contribution in [3.8, 4) is 17.6 Å². The van der Waals surface area contributed by atoms with Gasteiger partial charge in [0, 0.05) is 5.56 Å². The van der Waals surface area contributed by atoms with E-state index in [1.54, 1.807) is 25.3 Å². The number of nitrogens with one attached hydrogen (secondary N) is 1. The Hall–Kier alpha value is -2.52. The molecule has 1 heterocycles. The van der Waals surface area contributed by atoms with E-state index in [-0.39, 0.29) is 25.5 Å². The zero-order valence-corrected chi connectivity index (χ0v) is 11.1. The SMILES string of the molecule is COc1ccc(C#CCN)c(CN2C(=O)CNC2=O)c1. The first kappa shape index (κ1) is 13.9. The summed E-state index contributed by atoms with van der Waals surface area (Å²) in [5.74, 6) is 6.08. The molecule has 1 aliphatic heterocycles. The minimum absolute atomic E-state index is 0.0343. The highest BCUT2D eigenvalue weighted by Crippen LogP contribution is 2.19. The quantitative estimate of drug-likeness (QED) is 0.602. The number of amides is 3. The van der Waals surface area contributed by atoms with E-state index in [1.165, 1.54) is 0 Å². The molecule has 6 heteroatoms. The Kier molecular flexibility index (Phi) is 4.23. The summed E-state index contributed by atoms with van der Waals surface area (Å²) < 4.78 is 5.16. The van der Waals surface area contributed by atoms with Gasteiger partial charge < -0.3 is 15.8 Å². The molecule has 2 rings (SSSR count). The summed E-state index contributed by atoms with van der Waals surface area (Å²) in [7, 11) is 1.55. The second-order valence-corrected chi connectivity index (χ2v) is 4.17. The molecule has 1 aromatic carbocycles. The lowest BCUT2D eigenvalue weighted by molar-refractivity contribution is -0.125. The molecule has 20 heavy (non-hydrogen) atoms. The van der Waals surface area contributed by atoms with E-state index in [1.807, 2.05) is 0 Å². The van der Waals surface area contributed by atoms with Crippen LogP contribution < -0.4 is 15.8 Å². The van der Waals surface area contributed by atoms with Crippen LogP contribution in [0.15, 0.2) is 18.2 Å². The number of nitrogens with two attached hydrogens (primary N) is 1. The Balaban J connectivity index is 2.32. The molecule has 104 valence electrons. The van der Waals surface area contributed by atoms with Crippen LogP contribution in [0.3, 0.4) is 0 Å². The zero-order valence-electron chi connectivity index (χ0n) is 11.1. The third-order valence-electron chi connectivity index (χ3n) is 2.90. The first-order chi connectivity index (χ1) is 9.65. The number of nitrogens with zero attached hydrogens (tertiary/aromatic N) is 1. The maximum Gasteiger partial charge on any atom is 0.324 e. The van der Waals surface area contributed by atoms with Gasteiger partial charge in [-0.2, -0.15) is 0 Å². The first-order valence-electron chi connectivity index (χ1n) is 6.09. The number of hydrogen-bond acceptors (Lipinski definition) is 4. The highest BCUT2D eigenvalue weighted by molar-refractivity contribution is 6.01. The maximum atomic E-state index is 11.6. The van der Waals surface area contributed by atoms with Crippen LogP contribution >= 0.6 is 0 Å². The zero-order chi connectivity index (χ0) is 14.5. The Morgan fingerprint density at radius 2 is 2.25 bits per heavy atom. The van der Waals surface area contributed by atoms with Gasteiger partial charge in [-0.15, -0.1) is 0 Å². The molecular formula is C14H15N3O3. The fourth-order valence-electron chi connectivity index (χ4n) is 1.88. The fourth-order valence-corrected chi connectivity index (χ4v) is 1.88. The summed E-state index contributed by atoms with van der Waals surface area (Å²) in [4.78, 5) is 24.4. The highest BCUT2D eigenvalue weighted by atomic mass is 16.5. The van der Waals surface area contributed by atoms with Crippen molar-refractivity contribution in [3.63, 3.8) is 0 Å². The average Bonchev–Trinajstić information content (AvgIpc) is 2.77. The van der Waals surface area contributed by atoms with Crippen LogP contribution in [0.25, 0.3) is 0 Å². The number of urea groups is 1. The van der Waals surface area contributed by atoms with Crippen molar-refractivity contribution in [2.24, 2.45) is 5.73 Å². The lowest BCUT2D eigenvalue weighted by Crippen LogP contribution is -2.30. The lowest BCUT2D eigenvalue weighted by Gasteiger charge is -2.14. The molecule has 1 saturated heterocycles. The van der Waals surface area contributed by atoms with Crippen LogP contribution in [0.4, 0.5) is 4.79 Å². The number of hydrogen-bond donors (Lipinski definition) is 2. The van der Waals surface area contributed by atoms with Crippen LogP contribution in [0, 0.1) is 11.8 Å². The predicted octanol–water partition coefficient (Wildman–Crippen LogP) is 0.0572. The number of methoxy groups -OCH3 is 1. The molecule has 0 saturated carbocycles. The molecule has 0 atom stereocenters.